The molecule has 0 bridgehead atoms. The third kappa shape index (κ3) is 5.89. The van der Waals surface area contributed by atoms with Crippen LogP contribution < -0.4 is 10.1 Å². The van der Waals surface area contributed by atoms with E-state index in [0.717, 1.165) is 5.75 Å². The van der Waals surface area contributed by atoms with Gasteiger partial charge in [-0.1, -0.05) is 17.3 Å². The van der Waals surface area contributed by atoms with Crippen LogP contribution >= 0.6 is 11.8 Å². The highest BCUT2D eigenvalue weighted by atomic mass is 32.2. The number of amides is 1. The fourth-order valence-corrected chi connectivity index (χ4v) is 2.70. The Morgan fingerprint density at radius 2 is 2.19 bits per heavy atom. The minimum Gasteiger partial charge on any atom is -0.486 e. The van der Waals surface area contributed by atoms with Crippen LogP contribution in [0.15, 0.2) is 34.9 Å². The molecule has 1 atom stereocenters. The van der Waals surface area contributed by atoms with Crippen molar-refractivity contribution in [3.63, 3.8) is 0 Å². The van der Waals surface area contributed by atoms with Crippen molar-refractivity contribution in [3.05, 3.63) is 47.3 Å². The second-order valence-corrected chi connectivity index (χ2v) is 6.67. The molecule has 140 valence electrons. The lowest BCUT2D eigenvalue weighted by Crippen LogP contribution is -2.38. The van der Waals surface area contributed by atoms with Gasteiger partial charge in [-0.05, 0) is 37.5 Å². The summed E-state index contributed by atoms with van der Waals surface area (Å²) >= 11 is 1.65. The smallest absolute Gasteiger partial charge is 0.273 e. The van der Waals surface area contributed by atoms with Gasteiger partial charge in [0, 0.05) is 11.6 Å². The maximum atomic E-state index is 12.2. The molecule has 1 heterocycles. The van der Waals surface area contributed by atoms with Crippen molar-refractivity contribution in [2.24, 2.45) is 0 Å². The molecule has 1 aromatic carbocycles. The standard InChI is InChI=1S/C18H22N2O5S/c1-12(22)13-4-3-5-15(8-13)24-11-16-9-17(20-25-16)18(23)19-14(10-21)6-7-26-2/h3-5,8-9,14,21H,6-7,10-11H2,1-2H3,(H,19,23)/t14-/m0/s1. The summed E-state index contributed by atoms with van der Waals surface area (Å²) in [5.41, 5.74) is 0.684. The number of rotatable bonds is 10. The molecule has 26 heavy (non-hydrogen) atoms. The van der Waals surface area contributed by atoms with Gasteiger partial charge >= 0.3 is 0 Å². The van der Waals surface area contributed by atoms with E-state index in [0.29, 0.717) is 23.5 Å². The number of carbonyl (C=O) groups excluding carboxylic acids is 2. The third-order valence-corrected chi connectivity index (χ3v) is 4.28. The lowest BCUT2D eigenvalue weighted by atomic mass is 10.1. The second kappa shape index (κ2) is 9.98. The highest BCUT2D eigenvalue weighted by molar-refractivity contribution is 7.98. The molecule has 0 fully saturated rings. The topological polar surface area (TPSA) is 102 Å². The first kappa shape index (κ1) is 20.0. The van der Waals surface area contributed by atoms with E-state index in [4.69, 9.17) is 9.26 Å². The number of aliphatic hydroxyl groups excluding tert-OH is 1. The Hall–Kier alpha value is -2.32. The number of ether oxygens (including phenoxy) is 1. The van der Waals surface area contributed by atoms with Crippen LogP contribution in [0.3, 0.4) is 0 Å². The number of Topliss-reactive ketones (excluding diaryl/α,β-unsaturated/α-hetero) is 1. The van der Waals surface area contributed by atoms with Crippen LogP contribution in [0, 0.1) is 0 Å². The lowest BCUT2D eigenvalue weighted by molar-refractivity contribution is 0.0905. The normalized spacial score (nSPS) is 11.8. The molecule has 1 aromatic heterocycles. The van der Waals surface area contributed by atoms with Gasteiger partial charge in [0.15, 0.2) is 17.2 Å². The van der Waals surface area contributed by atoms with Crippen molar-refractivity contribution in [1.82, 2.24) is 10.5 Å². The summed E-state index contributed by atoms with van der Waals surface area (Å²) in [6.45, 7) is 1.43. The first-order valence-electron chi connectivity index (χ1n) is 8.13. The molecule has 2 rings (SSSR count). The summed E-state index contributed by atoms with van der Waals surface area (Å²) in [6, 6.07) is 7.99. The number of ketones is 1. The highest BCUT2D eigenvalue weighted by Gasteiger charge is 2.17. The number of hydrogen-bond donors (Lipinski definition) is 2. The van der Waals surface area contributed by atoms with Crippen molar-refractivity contribution >= 4 is 23.5 Å². The largest absolute Gasteiger partial charge is 0.486 e. The fourth-order valence-electron chi connectivity index (χ4n) is 2.18. The van der Waals surface area contributed by atoms with Gasteiger partial charge in [-0.25, -0.2) is 0 Å². The average molecular weight is 378 g/mol. The summed E-state index contributed by atoms with van der Waals surface area (Å²) in [4.78, 5) is 23.5. The van der Waals surface area contributed by atoms with Gasteiger partial charge in [-0.2, -0.15) is 11.8 Å². The molecule has 0 unspecified atom stereocenters. The summed E-state index contributed by atoms with van der Waals surface area (Å²) in [7, 11) is 0. The molecule has 2 N–H and O–H groups in total. The first-order chi connectivity index (χ1) is 12.5. The van der Waals surface area contributed by atoms with Gasteiger partial charge in [0.25, 0.3) is 5.91 Å². The van der Waals surface area contributed by atoms with Crippen molar-refractivity contribution in [1.29, 1.82) is 0 Å². The van der Waals surface area contributed by atoms with Gasteiger partial charge < -0.3 is 19.7 Å². The number of benzene rings is 1. The summed E-state index contributed by atoms with van der Waals surface area (Å²) in [5, 5.41) is 15.8. The number of hydrogen-bond acceptors (Lipinski definition) is 7. The summed E-state index contributed by atoms with van der Waals surface area (Å²) in [5.74, 6) is 1.29. The third-order valence-electron chi connectivity index (χ3n) is 3.64. The number of aromatic nitrogens is 1. The number of nitrogens with one attached hydrogen (secondary N) is 1. The van der Waals surface area contributed by atoms with Crippen LogP contribution in [-0.4, -0.2) is 46.6 Å². The Bertz CT molecular complexity index is 747. The molecule has 2 aromatic rings. The van der Waals surface area contributed by atoms with Crippen LogP contribution in [0.25, 0.3) is 0 Å². The first-order valence-corrected chi connectivity index (χ1v) is 9.53. The molecule has 0 saturated heterocycles. The Balaban J connectivity index is 1.91. The number of thioether (sulfide) groups is 1. The fraction of sp³-hybridized carbons (Fsp3) is 0.389. The Morgan fingerprint density at radius 3 is 2.88 bits per heavy atom. The zero-order chi connectivity index (χ0) is 18.9. The number of aliphatic hydroxyl groups is 1. The van der Waals surface area contributed by atoms with Crippen molar-refractivity contribution in [2.75, 3.05) is 18.6 Å². The molecule has 0 radical (unpaired) electrons. The van der Waals surface area contributed by atoms with Gasteiger partial charge in [0.05, 0.1) is 12.6 Å². The molecule has 0 aliphatic carbocycles. The minimum atomic E-state index is -0.404. The van der Waals surface area contributed by atoms with Gasteiger partial charge in [0.1, 0.15) is 12.4 Å². The molecular formula is C18H22N2O5S. The van der Waals surface area contributed by atoms with Crippen LogP contribution in [0.4, 0.5) is 0 Å². The molecule has 0 aliphatic heterocycles. The van der Waals surface area contributed by atoms with Crippen LogP contribution in [0.2, 0.25) is 0 Å². The molecule has 1 amide bonds. The predicted octanol–water partition coefficient (Wildman–Crippen LogP) is 2.30. The number of carbonyl (C=O) groups is 2. The second-order valence-electron chi connectivity index (χ2n) is 5.69. The maximum Gasteiger partial charge on any atom is 0.273 e. The Kier molecular flexibility index (Phi) is 7.68. The van der Waals surface area contributed by atoms with E-state index in [-0.39, 0.29) is 30.7 Å². The molecule has 0 aliphatic rings. The Morgan fingerprint density at radius 1 is 1.38 bits per heavy atom. The van der Waals surface area contributed by atoms with E-state index >= 15 is 0 Å². The molecular weight excluding hydrogens is 356 g/mol. The van der Waals surface area contributed by atoms with Crippen LogP contribution in [-0.2, 0) is 6.61 Å². The number of nitrogens with zero attached hydrogens (tertiary/aromatic N) is 1. The highest BCUT2D eigenvalue weighted by Crippen LogP contribution is 2.16. The van der Waals surface area contributed by atoms with E-state index in [1.807, 2.05) is 6.26 Å². The van der Waals surface area contributed by atoms with E-state index in [1.54, 1.807) is 36.0 Å². The van der Waals surface area contributed by atoms with E-state index in [2.05, 4.69) is 10.5 Å². The SMILES string of the molecule is CSCC[C@@H](CO)NC(=O)c1cc(COc2cccc(C(C)=O)c2)on1. The summed E-state index contributed by atoms with van der Waals surface area (Å²) < 4.78 is 10.7. The van der Waals surface area contributed by atoms with Crippen LogP contribution in [0.1, 0.15) is 40.0 Å². The zero-order valence-corrected chi connectivity index (χ0v) is 15.5. The van der Waals surface area contributed by atoms with Gasteiger partial charge in [-0.3, -0.25) is 9.59 Å². The molecule has 0 spiro atoms. The predicted molar refractivity (Wildman–Crippen MR) is 98.6 cm³/mol. The zero-order valence-electron chi connectivity index (χ0n) is 14.7. The molecule has 7 nitrogen and oxygen atoms in total. The van der Waals surface area contributed by atoms with E-state index in [9.17, 15) is 14.7 Å². The monoisotopic (exact) mass is 378 g/mol. The molecule has 8 heteroatoms. The average Bonchev–Trinajstić information content (AvgIpc) is 3.12. The van der Waals surface area contributed by atoms with Crippen molar-refractivity contribution < 1.29 is 24.0 Å². The van der Waals surface area contributed by atoms with E-state index < -0.39 is 5.91 Å². The lowest BCUT2D eigenvalue weighted by Gasteiger charge is -2.14. The van der Waals surface area contributed by atoms with Gasteiger partial charge in [-0.15, -0.1) is 0 Å². The minimum absolute atomic E-state index is 0.0472. The van der Waals surface area contributed by atoms with Gasteiger partial charge in [0.2, 0.25) is 0 Å². The van der Waals surface area contributed by atoms with Crippen molar-refractivity contribution in [2.45, 2.75) is 26.0 Å². The Labute approximate surface area is 156 Å². The summed E-state index contributed by atoms with van der Waals surface area (Å²) in [6.07, 6.45) is 2.63. The molecule has 0 saturated carbocycles. The maximum absolute atomic E-state index is 12.2. The van der Waals surface area contributed by atoms with Crippen LogP contribution in [0.5, 0.6) is 5.75 Å². The van der Waals surface area contributed by atoms with E-state index in [1.165, 1.54) is 13.0 Å². The quantitative estimate of drug-likeness (QED) is 0.612. The van der Waals surface area contributed by atoms with Crippen molar-refractivity contribution in [3.8, 4) is 5.75 Å².